The first-order valence-corrected chi connectivity index (χ1v) is 5.01. The maximum Gasteiger partial charge on any atom is 0.0611 e. The average Bonchev–Trinajstić information content (AvgIpc) is 2.53. The molecule has 0 spiro atoms. The summed E-state index contributed by atoms with van der Waals surface area (Å²) >= 11 is 0. The van der Waals surface area contributed by atoms with E-state index in [0.29, 0.717) is 11.8 Å². The predicted octanol–water partition coefficient (Wildman–Crippen LogP) is 0.955. The molecule has 70 valence electrons. The zero-order chi connectivity index (χ0) is 8.72. The normalized spacial score (nSPS) is 46.0. The highest BCUT2D eigenvalue weighted by Gasteiger charge is 2.46. The van der Waals surface area contributed by atoms with Gasteiger partial charge in [0.2, 0.25) is 0 Å². The van der Waals surface area contributed by atoms with Gasteiger partial charge in [0.1, 0.15) is 0 Å². The number of aliphatic hydroxyl groups is 1. The van der Waals surface area contributed by atoms with Gasteiger partial charge >= 0.3 is 0 Å². The summed E-state index contributed by atoms with van der Waals surface area (Å²) in [6.45, 7) is 1.07. The molecule has 0 saturated heterocycles. The molecule has 0 aliphatic heterocycles. The van der Waals surface area contributed by atoms with Gasteiger partial charge in [0.05, 0.1) is 6.10 Å². The molecular formula is C10H19NO. The molecule has 0 amide bonds. The van der Waals surface area contributed by atoms with E-state index in [9.17, 15) is 5.11 Å². The number of hydrogen-bond donors (Lipinski definition) is 1. The van der Waals surface area contributed by atoms with Crippen LogP contribution in [0.4, 0.5) is 0 Å². The van der Waals surface area contributed by atoms with Gasteiger partial charge in [0, 0.05) is 12.5 Å². The molecule has 2 bridgehead atoms. The third kappa shape index (κ3) is 1.27. The molecule has 2 aliphatic carbocycles. The number of fused-ring (bicyclic) bond motifs is 2. The summed E-state index contributed by atoms with van der Waals surface area (Å²) in [5, 5.41) is 9.90. The summed E-state index contributed by atoms with van der Waals surface area (Å²) in [5.41, 5.74) is 0. The zero-order valence-electron chi connectivity index (χ0n) is 8.03. The monoisotopic (exact) mass is 169 g/mol. The van der Waals surface area contributed by atoms with Crippen LogP contribution in [-0.2, 0) is 0 Å². The number of hydrogen-bond acceptors (Lipinski definition) is 2. The van der Waals surface area contributed by atoms with Crippen molar-refractivity contribution in [3.8, 4) is 0 Å². The maximum atomic E-state index is 9.90. The van der Waals surface area contributed by atoms with Gasteiger partial charge in [-0.05, 0) is 45.2 Å². The quantitative estimate of drug-likeness (QED) is 0.665. The van der Waals surface area contributed by atoms with Gasteiger partial charge in [0.25, 0.3) is 0 Å². The molecule has 0 unspecified atom stereocenters. The van der Waals surface area contributed by atoms with Crippen LogP contribution >= 0.6 is 0 Å². The Labute approximate surface area is 74.6 Å². The fraction of sp³-hybridized carbons (Fsp3) is 1.00. The largest absolute Gasteiger partial charge is 0.392 e. The van der Waals surface area contributed by atoms with Crippen molar-refractivity contribution in [2.45, 2.75) is 25.4 Å². The second-order valence-corrected chi connectivity index (χ2v) is 4.75. The minimum atomic E-state index is 0.00569. The molecule has 2 saturated carbocycles. The van der Waals surface area contributed by atoms with E-state index in [0.717, 1.165) is 12.5 Å². The van der Waals surface area contributed by atoms with Crippen LogP contribution in [0.2, 0.25) is 0 Å². The molecule has 0 aromatic heterocycles. The highest BCUT2D eigenvalue weighted by molar-refractivity contribution is 4.97. The lowest BCUT2D eigenvalue weighted by molar-refractivity contribution is 0.0459. The molecule has 2 nitrogen and oxygen atoms in total. The summed E-state index contributed by atoms with van der Waals surface area (Å²) in [5.74, 6) is 2.03. The Morgan fingerprint density at radius 3 is 2.42 bits per heavy atom. The SMILES string of the molecule is CN(C)C[C@H]1[C@H]2CC[C@@H](C2)[C@@H]1O. The van der Waals surface area contributed by atoms with Crippen molar-refractivity contribution in [2.75, 3.05) is 20.6 Å². The fourth-order valence-corrected chi connectivity index (χ4v) is 3.06. The van der Waals surface area contributed by atoms with E-state index in [1.54, 1.807) is 0 Å². The summed E-state index contributed by atoms with van der Waals surface area (Å²) in [6.07, 6.45) is 3.93. The second kappa shape index (κ2) is 3.00. The van der Waals surface area contributed by atoms with Crippen LogP contribution in [0, 0.1) is 17.8 Å². The molecule has 1 N–H and O–H groups in total. The van der Waals surface area contributed by atoms with Gasteiger partial charge in [-0.2, -0.15) is 0 Å². The van der Waals surface area contributed by atoms with Crippen molar-refractivity contribution in [1.29, 1.82) is 0 Å². The van der Waals surface area contributed by atoms with Crippen LogP contribution in [0.25, 0.3) is 0 Å². The molecule has 2 heteroatoms. The Bertz CT molecular complexity index is 167. The van der Waals surface area contributed by atoms with Crippen LogP contribution in [0.1, 0.15) is 19.3 Å². The minimum absolute atomic E-state index is 0.00569. The molecular weight excluding hydrogens is 150 g/mol. The molecule has 12 heavy (non-hydrogen) atoms. The average molecular weight is 169 g/mol. The number of aliphatic hydroxyl groups excluding tert-OH is 1. The topological polar surface area (TPSA) is 23.5 Å². The van der Waals surface area contributed by atoms with E-state index in [4.69, 9.17) is 0 Å². The smallest absolute Gasteiger partial charge is 0.0611 e. The van der Waals surface area contributed by atoms with E-state index < -0.39 is 0 Å². The van der Waals surface area contributed by atoms with Crippen LogP contribution in [-0.4, -0.2) is 36.8 Å². The van der Waals surface area contributed by atoms with Gasteiger partial charge in [-0.25, -0.2) is 0 Å². The van der Waals surface area contributed by atoms with Gasteiger partial charge in [-0.1, -0.05) is 0 Å². The van der Waals surface area contributed by atoms with Crippen molar-refractivity contribution >= 4 is 0 Å². The molecule has 4 atom stereocenters. The maximum absolute atomic E-state index is 9.90. The highest BCUT2D eigenvalue weighted by Crippen LogP contribution is 2.48. The van der Waals surface area contributed by atoms with Gasteiger partial charge in [-0.15, -0.1) is 0 Å². The van der Waals surface area contributed by atoms with E-state index in [2.05, 4.69) is 19.0 Å². The number of nitrogens with zero attached hydrogens (tertiary/aromatic N) is 1. The number of rotatable bonds is 2. The third-order valence-corrected chi connectivity index (χ3v) is 3.62. The molecule has 0 aromatic carbocycles. The Morgan fingerprint density at radius 1 is 1.25 bits per heavy atom. The Morgan fingerprint density at radius 2 is 1.92 bits per heavy atom. The lowest BCUT2D eigenvalue weighted by atomic mass is 9.86. The van der Waals surface area contributed by atoms with Crippen molar-refractivity contribution in [3.63, 3.8) is 0 Å². The summed E-state index contributed by atoms with van der Waals surface area (Å²) in [6, 6.07) is 0. The van der Waals surface area contributed by atoms with E-state index in [1.165, 1.54) is 19.3 Å². The summed E-state index contributed by atoms with van der Waals surface area (Å²) in [7, 11) is 4.19. The van der Waals surface area contributed by atoms with Crippen molar-refractivity contribution in [1.82, 2.24) is 4.90 Å². The van der Waals surface area contributed by atoms with Crippen molar-refractivity contribution in [3.05, 3.63) is 0 Å². The first-order valence-electron chi connectivity index (χ1n) is 5.01. The molecule has 2 fully saturated rings. The second-order valence-electron chi connectivity index (χ2n) is 4.75. The standard InChI is InChI=1S/C10H19NO/c1-11(2)6-9-7-3-4-8(5-7)10(9)12/h7-10,12H,3-6H2,1-2H3/t7-,8-,9-,10-/m0/s1. The fourth-order valence-electron chi connectivity index (χ4n) is 3.06. The molecule has 0 aromatic rings. The summed E-state index contributed by atoms with van der Waals surface area (Å²) in [4.78, 5) is 2.20. The first kappa shape index (κ1) is 8.52. The summed E-state index contributed by atoms with van der Waals surface area (Å²) < 4.78 is 0. The zero-order valence-corrected chi connectivity index (χ0v) is 8.03. The lowest BCUT2D eigenvalue weighted by Crippen LogP contribution is -2.35. The molecule has 2 aliphatic rings. The van der Waals surface area contributed by atoms with E-state index >= 15 is 0 Å². The molecule has 2 rings (SSSR count). The van der Waals surface area contributed by atoms with Crippen LogP contribution in [0.3, 0.4) is 0 Å². The molecule has 0 heterocycles. The Hall–Kier alpha value is -0.0800. The van der Waals surface area contributed by atoms with E-state index in [-0.39, 0.29) is 6.10 Å². The van der Waals surface area contributed by atoms with Gasteiger partial charge < -0.3 is 10.0 Å². The molecule has 0 radical (unpaired) electrons. The van der Waals surface area contributed by atoms with Crippen molar-refractivity contribution in [2.24, 2.45) is 17.8 Å². The Kier molecular flexibility index (Phi) is 2.13. The minimum Gasteiger partial charge on any atom is -0.392 e. The van der Waals surface area contributed by atoms with Gasteiger partial charge in [0.15, 0.2) is 0 Å². The van der Waals surface area contributed by atoms with Crippen LogP contribution < -0.4 is 0 Å². The third-order valence-electron chi connectivity index (χ3n) is 3.62. The van der Waals surface area contributed by atoms with E-state index in [1.807, 2.05) is 0 Å². The van der Waals surface area contributed by atoms with Crippen LogP contribution in [0.5, 0.6) is 0 Å². The van der Waals surface area contributed by atoms with Crippen molar-refractivity contribution < 1.29 is 5.11 Å². The predicted molar refractivity (Wildman–Crippen MR) is 48.9 cm³/mol. The Balaban J connectivity index is 1.98. The first-order chi connectivity index (χ1) is 5.68. The van der Waals surface area contributed by atoms with Gasteiger partial charge in [-0.3, -0.25) is 0 Å². The van der Waals surface area contributed by atoms with Crippen LogP contribution in [0.15, 0.2) is 0 Å². The highest BCUT2D eigenvalue weighted by atomic mass is 16.3. The lowest BCUT2D eigenvalue weighted by Gasteiger charge is -2.29.